The Morgan fingerprint density at radius 1 is 0.869 bits per heavy atom. The Morgan fingerprint density at radius 2 is 1.57 bits per heavy atom. The molecule has 13 nitrogen and oxygen atoms in total. The molecular weight excluding hydrogens is 788 g/mol. The number of rotatable bonds is 11. The van der Waals surface area contributed by atoms with E-state index in [4.69, 9.17) is 37.9 Å². The molecule has 3 aliphatic carbocycles. The third-order valence-corrected chi connectivity index (χ3v) is 15.1. The summed E-state index contributed by atoms with van der Waals surface area (Å²) in [5.74, 6) is -2.66. The average Bonchev–Trinajstić information content (AvgIpc) is 3.82. The summed E-state index contributed by atoms with van der Waals surface area (Å²) in [6, 6.07) is 5.79. The fourth-order valence-electron chi connectivity index (χ4n) is 11.9. The van der Waals surface area contributed by atoms with Crippen LogP contribution in [0.1, 0.15) is 85.5 Å². The molecule has 3 saturated heterocycles. The number of ketones is 1. The van der Waals surface area contributed by atoms with Gasteiger partial charge in [0.05, 0.1) is 43.0 Å². The van der Waals surface area contributed by atoms with Crippen LogP contribution in [-0.4, -0.2) is 137 Å². The Bertz CT molecular complexity index is 1660. The summed E-state index contributed by atoms with van der Waals surface area (Å²) in [7, 11) is 8.98. The van der Waals surface area contributed by atoms with Crippen LogP contribution in [-0.2, 0) is 47.5 Å². The lowest BCUT2D eigenvalue weighted by Crippen LogP contribution is -2.59. The van der Waals surface area contributed by atoms with Gasteiger partial charge in [-0.25, -0.2) is 4.39 Å². The van der Waals surface area contributed by atoms with E-state index < -0.39 is 54.9 Å². The SMILES string of the molecule is CC[C@H]1CCC[C@H](O[C@H]2CC[C@H](N(C)C)C(C)O2)[C@@H](C)C(=O)C2=C[C@H]3[C@@H]4C[C@H](O[C@@H]5OC(C)[C@H](OC)C(OC)C5OC)C[C@H]4[C@@H](O)[C@H](Nc4ccc(F)cc4)[C@H]3[C@@H]2CC(=O)O1. The van der Waals surface area contributed by atoms with Crippen LogP contribution in [0, 0.1) is 41.3 Å². The van der Waals surface area contributed by atoms with Gasteiger partial charge in [-0.05, 0) is 133 Å². The minimum atomic E-state index is -0.882. The highest BCUT2D eigenvalue weighted by molar-refractivity contribution is 5.99. The number of anilines is 1. The van der Waals surface area contributed by atoms with Gasteiger partial charge in [0, 0.05) is 44.9 Å². The van der Waals surface area contributed by atoms with Gasteiger partial charge < -0.3 is 53.2 Å². The lowest BCUT2D eigenvalue weighted by atomic mass is 9.62. The van der Waals surface area contributed by atoms with Gasteiger partial charge in [0.25, 0.3) is 0 Å². The molecule has 0 aromatic heterocycles. The number of aliphatic hydroxyl groups excluding tert-OH is 1. The van der Waals surface area contributed by atoms with Gasteiger partial charge in [-0.3, -0.25) is 9.59 Å². The van der Waals surface area contributed by atoms with Gasteiger partial charge in [0.1, 0.15) is 30.2 Å². The zero-order valence-corrected chi connectivity index (χ0v) is 37.6. The predicted molar refractivity (Wildman–Crippen MR) is 225 cm³/mol. The van der Waals surface area contributed by atoms with Crippen molar-refractivity contribution >= 4 is 17.4 Å². The first-order chi connectivity index (χ1) is 29.3. The maximum Gasteiger partial charge on any atom is 0.306 e. The van der Waals surface area contributed by atoms with Gasteiger partial charge in [-0.2, -0.15) is 0 Å². The number of hydrogen-bond acceptors (Lipinski definition) is 13. The summed E-state index contributed by atoms with van der Waals surface area (Å²) < 4.78 is 64.1. The molecule has 4 unspecified atom stereocenters. The highest BCUT2D eigenvalue weighted by atomic mass is 19.1. The second-order valence-corrected chi connectivity index (χ2v) is 18.8. The number of carbonyl (C=O) groups excluding carboxylic acids is 2. The van der Waals surface area contributed by atoms with E-state index in [0.717, 1.165) is 19.3 Å². The molecule has 19 atom stereocenters. The molecule has 2 N–H and O–H groups in total. The molecule has 0 radical (unpaired) electrons. The molecule has 0 spiro atoms. The van der Waals surface area contributed by atoms with Crippen LogP contribution in [0.5, 0.6) is 0 Å². The first-order valence-electron chi connectivity index (χ1n) is 22.8. The van der Waals surface area contributed by atoms with E-state index >= 15 is 4.79 Å². The van der Waals surface area contributed by atoms with Crippen LogP contribution >= 0.6 is 0 Å². The highest BCUT2D eigenvalue weighted by Crippen LogP contribution is 2.57. The monoisotopic (exact) mass is 859 g/mol. The van der Waals surface area contributed by atoms with Crippen LogP contribution in [0.3, 0.4) is 0 Å². The van der Waals surface area contributed by atoms with Gasteiger partial charge in [0.2, 0.25) is 0 Å². The maximum atomic E-state index is 15.1. The van der Waals surface area contributed by atoms with Crippen LogP contribution < -0.4 is 5.32 Å². The maximum absolute atomic E-state index is 15.1. The van der Waals surface area contributed by atoms with Crippen LogP contribution in [0.15, 0.2) is 35.9 Å². The van der Waals surface area contributed by atoms with Crippen molar-refractivity contribution in [1.82, 2.24) is 4.90 Å². The Labute approximate surface area is 361 Å². The van der Waals surface area contributed by atoms with E-state index in [1.807, 2.05) is 20.8 Å². The minimum Gasteiger partial charge on any atom is -0.462 e. The molecule has 5 fully saturated rings. The number of Topliss-reactive ketones (excluding diaryl/α,β-unsaturated/α-hetero) is 1. The van der Waals surface area contributed by atoms with Crippen LogP contribution in [0.4, 0.5) is 10.1 Å². The van der Waals surface area contributed by atoms with E-state index in [1.165, 1.54) is 12.1 Å². The molecule has 2 saturated carbocycles. The van der Waals surface area contributed by atoms with Crippen molar-refractivity contribution < 1.29 is 57.0 Å². The van der Waals surface area contributed by atoms with Crippen molar-refractivity contribution in [1.29, 1.82) is 0 Å². The number of aliphatic hydroxyl groups is 1. The molecule has 3 heterocycles. The Morgan fingerprint density at radius 3 is 2.23 bits per heavy atom. The number of hydrogen-bond donors (Lipinski definition) is 2. The van der Waals surface area contributed by atoms with E-state index in [1.54, 1.807) is 33.5 Å². The summed E-state index contributed by atoms with van der Waals surface area (Å²) in [5, 5.41) is 16.1. The molecular formula is C47H71FN2O11. The second-order valence-electron chi connectivity index (χ2n) is 18.8. The molecule has 3 aliphatic heterocycles. The van der Waals surface area contributed by atoms with Crippen LogP contribution in [0.2, 0.25) is 0 Å². The number of likely N-dealkylation sites (N-methyl/N-ethyl adjacent to an activating group) is 1. The normalized spacial score (nSPS) is 43.3. The predicted octanol–water partition coefficient (Wildman–Crippen LogP) is 5.91. The minimum absolute atomic E-state index is 0.00329. The lowest BCUT2D eigenvalue weighted by molar-refractivity contribution is -0.314. The number of nitrogens with one attached hydrogen (secondary N) is 1. The third-order valence-electron chi connectivity index (χ3n) is 15.1. The smallest absolute Gasteiger partial charge is 0.306 e. The van der Waals surface area contributed by atoms with E-state index in [0.29, 0.717) is 43.4 Å². The zero-order chi connectivity index (χ0) is 43.7. The summed E-state index contributed by atoms with van der Waals surface area (Å²) in [6.45, 7) is 7.98. The number of nitrogens with zero attached hydrogens (tertiary/aromatic N) is 1. The summed E-state index contributed by atoms with van der Waals surface area (Å²) in [6.07, 6.45) is 2.83. The molecule has 7 rings (SSSR count). The van der Waals surface area contributed by atoms with Gasteiger partial charge >= 0.3 is 5.97 Å². The summed E-state index contributed by atoms with van der Waals surface area (Å²) in [5.41, 5.74) is 1.23. The van der Waals surface area contributed by atoms with Crippen molar-refractivity contribution in [2.45, 2.75) is 165 Å². The standard InChI is InChI=1S/C47H71FN2O11/c1-10-29-12-11-13-37(61-39-19-18-36(50(5)6)25(3)57-39)24(2)42(52)35-22-32-31-20-30(60-47-46(56-9)45(55-8)44(54-7)26(4)58-47)21-34(31)43(53)41(40(32)33(35)23-38(51)59-29)49-28-16-14-27(48)15-17-28/h14-17,22,24-26,29-34,36-37,39-41,43-47,49,53H,10-13,18-21,23H2,1-9H3/t24-,25?,26?,29+,30+,31+,32+,33-,34-,36+,37+,39+,40-,41-,43-,44+,45?,46?,47+/m1/s1. The second kappa shape index (κ2) is 20.1. The number of ether oxygens (including phenoxy) is 8. The number of esters is 1. The first kappa shape index (κ1) is 46.5. The molecule has 6 aliphatic rings. The highest BCUT2D eigenvalue weighted by Gasteiger charge is 2.60. The molecule has 14 heteroatoms. The summed E-state index contributed by atoms with van der Waals surface area (Å²) >= 11 is 0. The molecule has 61 heavy (non-hydrogen) atoms. The zero-order valence-electron chi connectivity index (χ0n) is 37.6. The average molecular weight is 859 g/mol. The van der Waals surface area contributed by atoms with Gasteiger partial charge in [-0.1, -0.05) is 19.9 Å². The Kier molecular flexibility index (Phi) is 15.3. The van der Waals surface area contributed by atoms with Crippen LogP contribution in [0.25, 0.3) is 0 Å². The van der Waals surface area contributed by atoms with Crippen molar-refractivity contribution in [2.75, 3.05) is 40.7 Å². The molecule has 0 amide bonds. The van der Waals surface area contributed by atoms with E-state index in [-0.39, 0.29) is 84.2 Å². The lowest BCUT2D eigenvalue weighted by Gasteiger charge is -2.47. The number of fused-ring (bicyclic) bond motifs is 5. The van der Waals surface area contributed by atoms with Gasteiger partial charge in [-0.15, -0.1) is 0 Å². The van der Waals surface area contributed by atoms with E-state index in [9.17, 15) is 14.3 Å². The van der Waals surface area contributed by atoms with Crippen molar-refractivity contribution in [3.8, 4) is 0 Å². The number of halogens is 1. The molecule has 0 bridgehead atoms. The Hall–Kier alpha value is -2.53. The quantitative estimate of drug-likeness (QED) is 0.255. The number of methoxy groups -OCH3 is 3. The van der Waals surface area contributed by atoms with Crippen molar-refractivity contribution in [2.24, 2.45) is 35.5 Å². The largest absolute Gasteiger partial charge is 0.462 e. The molecule has 1 aromatic rings. The van der Waals surface area contributed by atoms with Crippen molar-refractivity contribution in [3.05, 3.63) is 41.7 Å². The topological polar surface area (TPSA) is 143 Å². The fourth-order valence-corrected chi connectivity index (χ4v) is 11.9. The van der Waals surface area contributed by atoms with Crippen molar-refractivity contribution in [3.63, 3.8) is 0 Å². The molecule has 1 aromatic carbocycles. The number of carbonyl (C=O) groups is 2. The molecule has 342 valence electrons. The third kappa shape index (κ3) is 9.78. The van der Waals surface area contributed by atoms with Gasteiger partial charge in [0.15, 0.2) is 18.4 Å². The van der Waals surface area contributed by atoms with E-state index in [2.05, 4.69) is 37.3 Å². The fraction of sp³-hybridized carbons (Fsp3) is 0.787. The number of allylic oxidation sites excluding steroid dienone is 2. The number of cyclic esters (lactones) is 1. The first-order valence-corrected chi connectivity index (χ1v) is 22.8. The number of benzene rings is 1. The Balaban J connectivity index is 1.21. The summed E-state index contributed by atoms with van der Waals surface area (Å²) in [4.78, 5) is 31.3.